The van der Waals surface area contributed by atoms with Crippen LogP contribution in [-0.2, 0) is 0 Å². The molecule has 0 aliphatic heterocycles. The molecule has 0 fully saturated rings. The summed E-state index contributed by atoms with van der Waals surface area (Å²) in [5.41, 5.74) is 17.7. The van der Waals surface area contributed by atoms with Gasteiger partial charge in [0.1, 0.15) is 0 Å². The number of aryl methyl sites for hydroxylation is 1. The lowest BCUT2D eigenvalue weighted by Gasteiger charge is -2.19. The lowest BCUT2D eigenvalue weighted by atomic mass is 10.0. The van der Waals surface area contributed by atoms with Gasteiger partial charge in [-0.05, 0) is 62.7 Å². The van der Waals surface area contributed by atoms with Crippen LogP contribution in [-0.4, -0.2) is 41.0 Å². The van der Waals surface area contributed by atoms with Gasteiger partial charge in [-0.15, -0.1) is 17.2 Å². The van der Waals surface area contributed by atoms with Crippen LogP contribution in [0.3, 0.4) is 0 Å². The number of likely N-dealkylation sites (N-methyl/N-ethyl adjacent to an activating group) is 1. The highest BCUT2D eigenvalue weighted by molar-refractivity contribution is 5.86. The predicted molar refractivity (Wildman–Crippen MR) is 147 cm³/mol. The minimum absolute atomic E-state index is 0.849. The number of nitrogens with zero attached hydrogens (tertiary/aromatic N) is 1. The van der Waals surface area contributed by atoms with Gasteiger partial charge in [-0.2, -0.15) is 0 Å². The normalized spacial score (nSPS) is 11.4. The van der Waals surface area contributed by atoms with E-state index in [1.807, 2.05) is 6.92 Å². The molecule has 0 atom stereocenters. The summed E-state index contributed by atoms with van der Waals surface area (Å²) in [6.45, 7) is 26.2. The zero-order valence-electron chi connectivity index (χ0n) is 21.2. The maximum absolute atomic E-state index is 3.94. The smallest absolute Gasteiger partial charge is 0.0893 e. The Bertz CT molecular complexity index is 1440. The first-order chi connectivity index (χ1) is 16.4. The molecule has 0 saturated heterocycles. The number of benzene rings is 1. The van der Waals surface area contributed by atoms with Gasteiger partial charge < -0.3 is 20.2 Å². The third-order valence-electron chi connectivity index (χ3n) is 6.53. The van der Waals surface area contributed by atoms with E-state index in [4.69, 9.17) is 0 Å². The second-order valence-electron chi connectivity index (χ2n) is 8.47. The predicted octanol–water partition coefficient (Wildman–Crippen LogP) is 4.75. The zero-order valence-corrected chi connectivity index (χ0v) is 21.2. The lowest BCUT2D eigenvalue weighted by Crippen LogP contribution is -2.31. The van der Waals surface area contributed by atoms with Crippen LogP contribution < -0.4 is 15.9 Å². The first-order valence-corrected chi connectivity index (χ1v) is 11.8. The van der Waals surface area contributed by atoms with Crippen molar-refractivity contribution in [1.82, 2.24) is 20.2 Å². The molecule has 2 aromatic heterocycles. The Hall–Kier alpha value is -3.64. The van der Waals surface area contributed by atoms with Crippen molar-refractivity contribution in [3.05, 3.63) is 88.0 Å². The second kappa shape index (κ2) is 11.0. The molecule has 3 aromatic rings. The van der Waals surface area contributed by atoms with Crippen LogP contribution in [0.15, 0.2) is 49.4 Å². The maximum Gasteiger partial charge on any atom is 0.0893 e. The third kappa shape index (κ3) is 4.97. The van der Waals surface area contributed by atoms with E-state index in [1.54, 1.807) is 0 Å². The first-order valence-electron chi connectivity index (χ1n) is 11.8. The van der Waals surface area contributed by atoms with Crippen LogP contribution in [0.2, 0.25) is 0 Å². The highest BCUT2D eigenvalue weighted by Gasteiger charge is 2.15. The SMILES string of the molecule is C=C=C(C)c1ccc2/c(=C/c3[nH]c(C)c(C(=C=C)NCCN(CC)CC)c3C)c(=C=C)[nH]c2c1. The van der Waals surface area contributed by atoms with Crippen molar-refractivity contribution in [2.45, 2.75) is 34.6 Å². The number of rotatable bonds is 9. The molecule has 0 saturated carbocycles. The minimum Gasteiger partial charge on any atom is -0.377 e. The average Bonchev–Trinajstić information content (AvgIpc) is 3.34. The fourth-order valence-electron chi connectivity index (χ4n) is 4.40. The molecule has 0 aliphatic rings. The van der Waals surface area contributed by atoms with Crippen LogP contribution in [0.5, 0.6) is 0 Å². The van der Waals surface area contributed by atoms with Crippen molar-refractivity contribution in [3.63, 3.8) is 0 Å². The number of hydrogen-bond acceptors (Lipinski definition) is 2. The summed E-state index contributed by atoms with van der Waals surface area (Å²) >= 11 is 0. The number of nitrogens with one attached hydrogen (secondary N) is 3. The molecule has 0 aliphatic carbocycles. The number of hydrogen-bond donors (Lipinski definition) is 3. The Morgan fingerprint density at radius 1 is 1.09 bits per heavy atom. The van der Waals surface area contributed by atoms with Crippen LogP contribution in [0.4, 0.5) is 0 Å². The summed E-state index contributed by atoms with van der Waals surface area (Å²) in [6.07, 6.45) is 2.17. The van der Waals surface area contributed by atoms with Crippen LogP contribution in [0, 0.1) is 13.8 Å². The van der Waals surface area contributed by atoms with Gasteiger partial charge in [0.05, 0.1) is 11.0 Å². The van der Waals surface area contributed by atoms with E-state index in [2.05, 4.69) is 109 Å². The fraction of sp³-hybridized carbons (Fsp3) is 0.300. The molecular formula is C30H36N4. The van der Waals surface area contributed by atoms with Crippen LogP contribution in [0.25, 0.3) is 34.0 Å². The fourth-order valence-corrected chi connectivity index (χ4v) is 4.40. The summed E-state index contributed by atoms with van der Waals surface area (Å²) in [5.74, 6) is 0. The van der Waals surface area contributed by atoms with Crippen LogP contribution >= 0.6 is 0 Å². The van der Waals surface area contributed by atoms with Crippen molar-refractivity contribution in [2.75, 3.05) is 26.2 Å². The molecule has 2 heterocycles. The molecule has 0 radical (unpaired) electrons. The quantitative estimate of drug-likeness (QED) is 0.410. The summed E-state index contributed by atoms with van der Waals surface area (Å²) < 4.78 is 0. The number of aromatic amines is 2. The number of allylic oxidation sites excluding steroid dienone is 1. The molecule has 4 nitrogen and oxygen atoms in total. The number of aromatic nitrogens is 2. The van der Waals surface area contributed by atoms with Gasteiger partial charge in [0.25, 0.3) is 0 Å². The van der Waals surface area contributed by atoms with E-state index in [1.165, 1.54) is 0 Å². The minimum atomic E-state index is 0.849. The Labute approximate surface area is 203 Å². The van der Waals surface area contributed by atoms with Crippen molar-refractivity contribution >= 4 is 34.0 Å². The third-order valence-corrected chi connectivity index (χ3v) is 6.53. The largest absolute Gasteiger partial charge is 0.377 e. The average molecular weight is 453 g/mol. The summed E-state index contributed by atoms with van der Waals surface area (Å²) in [7, 11) is 0. The number of H-pyrrole nitrogens is 2. The van der Waals surface area contributed by atoms with Gasteiger partial charge in [-0.25, -0.2) is 0 Å². The Morgan fingerprint density at radius 2 is 1.82 bits per heavy atom. The lowest BCUT2D eigenvalue weighted by molar-refractivity contribution is 0.308. The Morgan fingerprint density at radius 3 is 2.44 bits per heavy atom. The monoisotopic (exact) mass is 452 g/mol. The highest BCUT2D eigenvalue weighted by atomic mass is 15.1. The molecule has 3 N–H and O–H groups in total. The van der Waals surface area contributed by atoms with Gasteiger partial charge >= 0.3 is 0 Å². The molecule has 0 unspecified atom stereocenters. The van der Waals surface area contributed by atoms with Gasteiger partial charge in [-0.1, -0.05) is 45.7 Å². The number of fused-ring (bicyclic) bond motifs is 1. The summed E-state index contributed by atoms with van der Waals surface area (Å²) in [4.78, 5) is 9.41. The Kier molecular flexibility index (Phi) is 8.08. The van der Waals surface area contributed by atoms with Gasteiger partial charge in [0, 0.05) is 46.2 Å². The van der Waals surface area contributed by atoms with E-state index in [-0.39, 0.29) is 0 Å². The first kappa shape index (κ1) is 25.0. The van der Waals surface area contributed by atoms with Crippen molar-refractivity contribution in [3.8, 4) is 0 Å². The highest BCUT2D eigenvalue weighted by Crippen LogP contribution is 2.24. The molecule has 0 bridgehead atoms. The van der Waals surface area contributed by atoms with Crippen molar-refractivity contribution in [1.29, 1.82) is 0 Å². The zero-order chi connectivity index (χ0) is 24.8. The molecule has 0 amide bonds. The standard InChI is InChI=1S/C30H36N4/c1-9-20(6)23-14-15-24-25(26(10-2)33-29(24)18-23)19-28-21(7)30(22(8)32-28)27(11-3)31-16-17-34(12-4)13-5/h14-15,18-19,31-33H,1-3,12-13,16-17H2,4-8H3/b25-19-. The maximum atomic E-state index is 3.94. The van der Waals surface area contributed by atoms with E-state index in [0.29, 0.717) is 0 Å². The molecule has 34 heavy (non-hydrogen) atoms. The molecule has 1 aromatic carbocycles. The van der Waals surface area contributed by atoms with E-state index in [0.717, 1.165) is 87.0 Å². The van der Waals surface area contributed by atoms with E-state index < -0.39 is 0 Å². The van der Waals surface area contributed by atoms with Crippen LogP contribution in [0.1, 0.15) is 48.8 Å². The van der Waals surface area contributed by atoms with Gasteiger partial charge in [0.2, 0.25) is 0 Å². The summed E-state index contributed by atoms with van der Waals surface area (Å²) in [6, 6.07) is 6.35. The topological polar surface area (TPSA) is 46.9 Å². The van der Waals surface area contributed by atoms with E-state index in [9.17, 15) is 0 Å². The van der Waals surface area contributed by atoms with Crippen molar-refractivity contribution in [2.24, 2.45) is 0 Å². The molecule has 3 rings (SSSR count). The molecule has 0 spiro atoms. The second-order valence-corrected chi connectivity index (χ2v) is 8.47. The molecule has 176 valence electrons. The van der Waals surface area contributed by atoms with Gasteiger partial charge in [-0.3, -0.25) is 0 Å². The summed E-state index contributed by atoms with van der Waals surface area (Å²) in [5, 5.41) is 6.59. The molecule has 4 heteroatoms. The van der Waals surface area contributed by atoms with E-state index >= 15 is 0 Å². The van der Waals surface area contributed by atoms with Crippen molar-refractivity contribution < 1.29 is 0 Å². The van der Waals surface area contributed by atoms with Gasteiger partial charge in [0.15, 0.2) is 0 Å². The molecular weight excluding hydrogens is 416 g/mol. The Balaban J connectivity index is 2.05.